The highest BCUT2D eigenvalue weighted by atomic mass is 16.5. The number of amides is 1. The van der Waals surface area contributed by atoms with Crippen LogP contribution in [0.15, 0.2) is 0 Å². The van der Waals surface area contributed by atoms with Gasteiger partial charge >= 0.3 is 0 Å². The second-order valence-electron chi connectivity index (χ2n) is 6.05. The summed E-state index contributed by atoms with van der Waals surface area (Å²) in [7, 11) is 1.73. The third-order valence-electron chi connectivity index (χ3n) is 4.58. The molecule has 2 fully saturated rings. The molecule has 0 aromatic rings. The number of nitrogens with zero attached hydrogens (tertiary/aromatic N) is 1. The maximum absolute atomic E-state index is 12.4. The van der Waals surface area contributed by atoms with Crippen LogP contribution in [0.4, 0.5) is 0 Å². The minimum absolute atomic E-state index is 0.209. The number of carbonyl (C=O) groups is 1. The van der Waals surface area contributed by atoms with Crippen LogP contribution in [0.5, 0.6) is 0 Å². The van der Waals surface area contributed by atoms with E-state index in [9.17, 15) is 4.79 Å². The molecular formula is C14H26N2O2. The lowest BCUT2D eigenvalue weighted by molar-refractivity contribution is -0.136. The van der Waals surface area contributed by atoms with Gasteiger partial charge in [-0.1, -0.05) is 6.92 Å². The van der Waals surface area contributed by atoms with Crippen LogP contribution in [-0.4, -0.2) is 43.7 Å². The topological polar surface area (TPSA) is 55.6 Å². The van der Waals surface area contributed by atoms with Crippen molar-refractivity contribution in [2.45, 2.75) is 38.6 Å². The summed E-state index contributed by atoms with van der Waals surface area (Å²) in [6.45, 7) is 4.73. The van der Waals surface area contributed by atoms with Crippen LogP contribution in [0.3, 0.4) is 0 Å². The predicted molar refractivity (Wildman–Crippen MR) is 71.0 cm³/mol. The lowest BCUT2D eigenvalue weighted by Gasteiger charge is -2.33. The first-order valence-corrected chi connectivity index (χ1v) is 7.15. The van der Waals surface area contributed by atoms with Gasteiger partial charge in [-0.15, -0.1) is 0 Å². The number of carbonyl (C=O) groups excluding carboxylic acids is 1. The summed E-state index contributed by atoms with van der Waals surface area (Å²) in [6.07, 6.45) is 4.01. The molecule has 2 aliphatic rings. The van der Waals surface area contributed by atoms with Gasteiger partial charge in [0.2, 0.25) is 5.91 Å². The molecular weight excluding hydrogens is 228 g/mol. The van der Waals surface area contributed by atoms with Crippen molar-refractivity contribution in [2.24, 2.45) is 23.5 Å². The van der Waals surface area contributed by atoms with Crippen LogP contribution in [0.1, 0.15) is 32.6 Å². The largest absolute Gasteiger partial charge is 0.384 e. The van der Waals surface area contributed by atoms with E-state index in [4.69, 9.17) is 10.5 Å². The maximum atomic E-state index is 12.4. The van der Waals surface area contributed by atoms with Crippen molar-refractivity contribution < 1.29 is 9.53 Å². The summed E-state index contributed by atoms with van der Waals surface area (Å²) in [6, 6.07) is 0.286. The number of likely N-dealkylation sites (tertiary alicyclic amines) is 1. The average molecular weight is 254 g/mol. The lowest BCUT2D eigenvalue weighted by atomic mass is 9.79. The highest BCUT2D eigenvalue weighted by molar-refractivity contribution is 5.79. The number of rotatable bonds is 3. The maximum Gasteiger partial charge on any atom is 0.225 e. The van der Waals surface area contributed by atoms with Crippen molar-refractivity contribution in [3.8, 4) is 0 Å². The molecule has 1 amide bonds. The summed E-state index contributed by atoms with van der Waals surface area (Å²) in [4.78, 5) is 14.5. The number of ether oxygens (including phenoxy) is 1. The van der Waals surface area contributed by atoms with Crippen molar-refractivity contribution >= 4 is 5.91 Å². The van der Waals surface area contributed by atoms with Gasteiger partial charge in [0.25, 0.3) is 0 Å². The number of nitrogens with two attached hydrogens (primary N) is 1. The second-order valence-corrected chi connectivity index (χ2v) is 6.05. The Labute approximate surface area is 110 Å². The Balaban J connectivity index is 1.85. The van der Waals surface area contributed by atoms with E-state index in [1.54, 1.807) is 7.11 Å². The summed E-state index contributed by atoms with van der Waals surface area (Å²) in [5.41, 5.74) is 6.01. The van der Waals surface area contributed by atoms with E-state index in [-0.39, 0.29) is 12.0 Å². The fourth-order valence-corrected chi connectivity index (χ4v) is 3.31. The molecule has 0 aromatic heterocycles. The molecule has 1 aliphatic carbocycles. The van der Waals surface area contributed by atoms with Crippen molar-refractivity contribution in [3.63, 3.8) is 0 Å². The van der Waals surface area contributed by atoms with E-state index in [1.165, 1.54) is 0 Å². The highest BCUT2D eigenvalue weighted by Gasteiger charge is 2.34. The number of hydrogen-bond donors (Lipinski definition) is 1. The molecule has 18 heavy (non-hydrogen) atoms. The second kappa shape index (κ2) is 6.02. The SMILES string of the molecule is COCC1CCN(C(=O)C2CCC(N)C(C)C2)C1. The third kappa shape index (κ3) is 3.04. The zero-order valence-corrected chi connectivity index (χ0v) is 11.6. The molecule has 1 aliphatic heterocycles. The Bertz CT molecular complexity index is 296. The van der Waals surface area contributed by atoms with E-state index in [0.29, 0.717) is 17.7 Å². The van der Waals surface area contributed by atoms with E-state index in [1.807, 2.05) is 4.90 Å². The molecule has 4 heteroatoms. The smallest absolute Gasteiger partial charge is 0.225 e. The van der Waals surface area contributed by atoms with Gasteiger partial charge in [-0.3, -0.25) is 4.79 Å². The molecule has 104 valence electrons. The van der Waals surface area contributed by atoms with Gasteiger partial charge in [0.05, 0.1) is 6.61 Å². The van der Waals surface area contributed by atoms with Crippen molar-refractivity contribution in [1.29, 1.82) is 0 Å². The lowest BCUT2D eigenvalue weighted by Crippen LogP contribution is -2.41. The Kier molecular flexibility index (Phi) is 4.62. The molecule has 4 nitrogen and oxygen atoms in total. The monoisotopic (exact) mass is 254 g/mol. The molecule has 0 radical (unpaired) electrons. The van der Waals surface area contributed by atoms with Crippen LogP contribution in [-0.2, 0) is 9.53 Å². The van der Waals surface area contributed by atoms with E-state index < -0.39 is 0 Å². The Morgan fingerprint density at radius 2 is 2.17 bits per heavy atom. The number of hydrogen-bond acceptors (Lipinski definition) is 3. The minimum atomic E-state index is 0.209. The van der Waals surface area contributed by atoms with Crippen LogP contribution in [0.25, 0.3) is 0 Å². The molecule has 0 aromatic carbocycles. The van der Waals surface area contributed by atoms with Crippen LogP contribution < -0.4 is 5.73 Å². The quantitative estimate of drug-likeness (QED) is 0.824. The zero-order chi connectivity index (χ0) is 13.1. The molecule has 1 saturated heterocycles. The number of methoxy groups -OCH3 is 1. The van der Waals surface area contributed by atoms with Gasteiger partial charge in [0.15, 0.2) is 0 Å². The predicted octanol–water partition coefficient (Wildman–Crippen LogP) is 1.24. The highest BCUT2D eigenvalue weighted by Crippen LogP contribution is 2.30. The van der Waals surface area contributed by atoms with Gasteiger partial charge in [0.1, 0.15) is 0 Å². The molecule has 2 rings (SSSR count). The van der Waals surface area contributed by atoms with Crippen molar-refractivity contribution in [3.05, 3.63) is 0 Å². The van der Waals surface area contributed by atoms with Crippen molar-refractivity contribution in [1.82, 2.24) is 4.90 Å². The van der Waals surface area contributed by atoms with E-state index >= 15 is 0 Å². The molecule has 2 N–H and O–H groups in total. The molecule has 1 saturated carbocycles. The molecule has 4 atom stereocenters. The zero-order valence-electron chi connectivity index (χ0n) is 11.6. The molecule has 0 bridgehead atoms. The van der Waals surface area contributed by atoms with Crippen LogP contribution in [0.2, 0.25) is 0 Å². The Morgan fingerprint density at radius 3 is 2.83 bits per heavy atom. The standard InChI is InChI=1S/C14H26N2O2/c1-10-7-12(3-4-13(10)15)14(17)16-6-5-11(8-16)9-18-2/h10-13H,3-9,15H2,1-2H3. The third-order valence-corrected chi connectivity index (χ3v) is 4.58. The first-order chi connectivity index (χ1) is 8.61. The summed E-state index contributed by atoms with van der Waals surface area (Å²) in [5, 5.41) is 0. The summed E-state index contributed by atoms with van der Waals surface area (Å²) in [5.74, 6) is 1.57. The Hall–Kier alpha value is -0.610. The van der Waals surface area contributed by atoms with Gasteiger partial charge in [-0.2, -0.15) is 0 Å². The fourth-order valence-electron chi connectivity index (χ4n) is 3.31. The van der Waals surface area contributed by atoms with Gasteiger partial charge in [-0.05, 0) is 31.6 Å². The average Bonchev–Trinajstić information content (AvgIpc) is 2.81. The molecule has 0 spiro atoms. The summed E-state index contributed by atoms with van der Waals surface area (Å²) >= 11 is 0. The van der Waals surface area contributed by atoms with E-state index in [2.05, 4.69) is 6.92 Å². The van der Waals surface area contributed by atoms with Crippen LogP contribution >= 0.6 is 0 Å². The van der Waals surface area contributed by atoms with Gasteiger partial charge in [0, 0.05) is 38.1 Å². The first-order valence-electron chi connectivity index (χ1n) is 7.15. The Morgan fingerprint density at radius 1 is 1.39 bits per heavy atom. The minimum Gasteiger partial charge on any atom is -0.384 e. The van der Waals surface area contributed by atoms with Crippen molar-refractivity contribution in [2.75, 3.05) is 26.8 Å². The normalized spacial score (nSPS) is 36.9. The first kappa shape index (κ1) is 13.8. The van der Waals surface area contributed by atoms with Gasteiger partial charge in [-0.25, -0.2) is 0 Å². The van der Waals surface area contributed by atoms with Gasteiger partial charge < -0.3 is 15.4 Å². The molecule has 1 heterocycles. The molecule has 4 unspecified atom stereocenters. The van der Waals surface area contributed by atoms with Crippen LogP contribution in [0, 0.1) is 17.8 Å². The summed E-state index contributed by atoms with van der Waals surface area (Å²) < 4.78 is 5.18. The fraction of sp³-hybridized carbons (Fsp3) is 0.929. The van der Waals surface area contributed by atoms with E-state index in [0.717, 1.165) is 45.4 Å².